The first-order valence-corrected chi connectivity index (χ1v) is 9.48. The van der Waals surface area contributed by atoms with Gasteiger partial charge in [-0.1, -0.05) is 38.0 Å². The number of amides is 4. The highest BCUT2D eigenvalue weighted by atomic mass is 16.2. The number of urea groups is 1. The normalized spacial score (nSPS) is 30.7. The fourth-order valence-electron chi connectivity index (χ4n) is 4.80. The molecule has 0 bridgehead atoms. The first kappa shape index (κ1) is 17.1. The van der Waals surface area contributed by atoms with Crippen LogP contribution in [-0.2, 0) is 16.0 Å². The quantitative estimate of drug-likeness (QED) is 0.829. The molecular formula is C20H25N3O3. The van der Waals surface area contributed by atoms with Gasteiger partial charge in [0.2, 0.25) is 5.91 Å². The number of hydrogen-bond donors (Lipinski definition) is 1. The molecule has 1 saturated heterocycles. The van der Waals surface area contributed by atoms with Gasteiger partial charge in [-0.15, -0.1) is 0 Å². The Kier molecular flexibility index (Phi) is 4.01. The second-order valence-corrected chi connectivity index (χ2v) is 7.89. The van der Waals surface area contributed by atoms with Gasteiger partial charge < -0.3 is 10.2 Å². The van der Waals surface area contributed by atoms with Crippen LogP contribution >= 0.6 is 0 Å². The number of benzene rings is 1. The summed E-state index contributed by atoms with van der Waals surface area (Å²) >= 11 is 0. The number of fused-ring (bicyclic) bond motifs is 1. The van der Waals surface area contributed by atoms with Crippen LogP contribution in [-0.4, -0.2) is 40.9 Å². The molecule has 26 heavy (non-hydrogen) atoms. The van der Waals surface area contributed by atoms with Crippen molar-refractivity contribution in [1.29, 1.82) is 0 Å². The minimum Gasteiger partial charge on any atom is -0.323 e. The molecule has 4 amide bonds. The lowest BCUT2D eigenvalue weighted by molar-refractivity contribution is -0.136. The predicted octanol–water partition coefficient (Wildman–Crippen LogP) is 2.46. The highest BCUT2D eigenvalue weighted by molar-refractivity contribution is 6.11. The van der Waals surface area contributed by atoms with E-state index in [1.54, 1.807) is 4.90 Å². The Morgan fingerprint density at radius 2 is 2.00 bits per heavy atom. The van der Waals surface area contributed by atoms with Gasteiger partial charge in [-0.3, -0.25) is 14.5 Å². The maximum atomic E-state index is 13.1. The molecule has 1 aromatic carbocycles. The van der Waals surface area contributed by atoms with Crippen LogP contribution in [0.25, 0.3) is 0 Å². The van der Waals surface area contributed by atoms with Crippen LogP contribution < -0.4 is 10.2 Å². The molecule has 1 aromatic rings. The largest absolute Gasteiger partial charge is 0.325 e. The molecule has 3 aliphatic rings. The summed E-state index contributed by atoms with van der Waals surface area (Å²) in [6.45, 7) is 3.81. The van der Waals surface area contributed by atoms with E-state index >= 15 is 0 Å². The summed E-state index contributed by atoms with van der Waals surface area (Å²) in [6, 6.07) is 7.41. The van der Waals surface area contributed by atoms with E-state index in [9.17, 15) is 14.4 Å². The topological polar surface area (TPSA) is 69.7 Å². The summed E-state index contributed by atoms with van der Waals surface area (Å²) < 4.78 is 0. The van der Waals surface area contributed by atoms with Crippen molar-refractivity contribution in [2.75, 3.05) is 11.4 Å². The molecule has 2 heterocycles. The molecule has 2 aliphatic heterocycles. The molecule has 6 nitrogen and oxygen atoms in total. The van der Waals surface area contributed by atoms with E-state index in [0.717, 1.165) is 41.8 Å². The van der Waals surface area contributed by atoms with Crippen molar-refractivity contribution < 1.29 is 14.4 Å². The molecule has 1 N–H and O–H groups in total. The van der Waals surface area contributed by atoms with Crippen molar-refractivity contribution in [3.8, 4) is 0 Å². The van der Waals surface area contributed by atoms with Crippen molar-refractivity contribution in [2.45, 2.75) is 57.5 Å². The van der Waals surface area contributed by atoms with Gasteiger partial charge >= 0.3 is 6.03 Å². The Morgan fingerprint density at radius 1 is 1.23 bits per heavy atom. The standard InChI is InChI=1S/C20H25N3O3/c1-13-7-5-6-10-20(13)18(25)22(19(26)21-20)12-17(24)23-14(2)11-15-8-3-4-9-16(15)23/h3-4,8-9,13-14H,5-7,10-12H2,1-2H3,(H,21,26)/t13-,14-,20+/m0/s1. The number of anilines is 1. The SMILES string of the molecule is C[C@H]1Cc2ccccc2N1C(=O)CN1C(=O)N[C@@]2(CCCC[C@@H]2C)C1=O. The lowest BCUT2D eigenvalue weighted by Gasteiger charge is -2.36. The third-order valence-electron chi connectivity index (χ3n) is 6.27. The fraction of sp³-hybridized carbons (Fsp3) is 0.550. The molecular weight excluding hydrogens is 330 g/mol. The van der Waals surface area contributed by atoms with Gasteiger partial charge in [-0.25, -0.2) is 4.79 Å². The molecule has 0 aromatic heterocycles. The number of imide groups is 1. The zero-order valence-corrected chi connectivity index (χ0v) is 15.3. The Bertz CT molecular complexity index is 777. The third-order valence-corrected chi connectivity index (χ3v) is 6.27. The predicted molar refractivity (Wildman–Crippen MR) is 97.7 cm³/mol. The van der Waals surface area contributed by atoms with E-state index in [2.05, 4.69) is 5.32 Å². The van der Waals surface area contributed by atoms with E-state index in [4.69, 9.17) is 0 Å². The van der Waals surface area contributed by atoms with E-state index in [1.165, 1.54) is 0 Å². The first-order valence-electron chi connectivity index (χ1n) is 9.48. The minimum atomic E-state index is -0.815. The van der Waals surface area contributed by atoms with Crippen LogP contribution in [0.3, 0.4) is 0 Å². The molecule has 6 heteroatoms. The van der Waals surface area contributed by atoms with Gasteiger partial charge in [0.25, 0.3) is 5.91 Å². The summed E-state index contributed by atoms with van der Waals surface area (Å²) in [4.78, 5) is 41.4. The van der Waals surface area contributed by atoms with Crippen LogP contribution in [0.2, 0.25) is 0 Å². The van der Waals surface area contributed by atoms with Crippen molar-refractivity contribution >= 4 is 23.5 Å². The molecule has 4 rings (SSSR count). The van der Waals surface area contributed by atoms with Crippen LogP contribution in [0.4, 0.5) is 10.5 Å². The number of para-hydroxylation sites is 1. The average Bonchev–Trinajstić information content (AvgIpc) is 3.07. The van der Waals surface area contributed by atoms with Crippen LogP contribution in [0, 0.1) is 5.92 Å². The van der Waals surface area contributed by atoms with Gasteiger partial charge in [0.15, 0.2) is 0 Å². The number of carbonyl (C=O) groups is 3. The van der Waals surface area contributed by atoms with Gasteiger partial charge in [0.1, 0.15) is 12.1 Å². The molecule has 0 radical (unpaired) electrons. The first-order chi connectivity index (χ1) is 12.4. The number of nitrogens with zero attached hydrogens (tertiary/aromatic N) is 2. The second kappa shape index (κ2) is 6.11. The van der Waals surface area contributed by atoms with Crippen LogP contribution in [0.15, 0.2) is 24.3 Å². The maximum absolute atomic E-state index is 13.1. The number of carbonyl (C=O) groups excluding carboxylic acids is 3. The minimum absolute atomic E-state index is 0.0308. The van der Waals surface area contributed by atoms with E-state index in [1.807, 2.05) is 38.1 Å². The van der Waals surface area contributed by atoms with Gasteiger partial charge in [-0.2, -0.15) is 0 Å². The summed E-state index contributed by atoms with van der Waals surface area (Å²) in [5, 5.41) is 2.91. The lowest BCUT2D eigenvalue weighted by atomic mass is 9.73. The Labute approximate surface area is 153 Å². The lowest BCUT2D eigenvalue weighted by Crippen LogP contribution is -2.54. The highest BCUT2D eigenvalue weighted by Gasteiger charge is 2.55. The molecule has 1 saturated carbocycles. The summed E-state index contributed by atoms with van der Waals surface area (Å²) in [6.07, 6.45) is 4.38. The molecule has 0 unspecified atom stereocenters. The van der Waals surface area contributed by atoms with E-state index < -0.39 is 11.6 Å². The van der Waals surface area contributed by atoms with Crippen LogP contribution in [0.5, 0.6) is 0 Å². The number of rotatable bonds is 2. The number of nitrogens with one attached hydrogen (secondary N) is 1. The number of hydrogen-bond acceptors (Lipinski definition) is 3. The maximum Gasteiger partial charge on any atom is 0.325 e. The Balaban J connectivity index is 1.55. The average molecular weight is 355 g/mol. The zero-order valence-electron chi connectivity index (χ0n) is 15.3. The van der Waals surface area contributed by atoms with Gasteiger partial charge in [0, 0.05) is 11.7 Å². The molecule has 3 atom stereocenters. The smallest absolute Gasteiger partial charge is 0.323 e. The Hall–Kier alpha value is -2.37. The Morgan fingerprint density at radius 3 is 2.77 bits per heavy atom. The highest BCUT2D eigenvalue weighted by Crippen LogP contribution is 2.38. The third kappa shape index (κ3) is 2.42. The van der Waals surface area contributed by atoms with Gasteiger partial charge in [0.05, 0.1) is 0 Å². The molecule has 1 aliphatic carbocycles. The van der Waals surface area contributed by atoms with E-state index in [0.29, 0.717) is 6.42 Å². The summed E-state index contributed by atoms with van der Waals surface area (Å²) in [7, 11) is 0. The fourth-order valence-corrected chi connectivity index (χ4v) is 4.80. The van der Waals surface area contributed by atoms with Crippen LogP contribution in [0.1, 0.15) is 45.1 Å². The zero-order chi connectivity index (χ0) is 18.5. The van der Waals surface area contributed by atoms with Gasteiger partial charge in [-0.05, 0) is 43.7 Å². The molecule has 138 valence electrons. The van der Waals surface area contributed by atoms with Crippen molar-refractivity contribution in [2.24, 2.45) is 5.92 Å². The summed E-state index contributed by atoms with van der Waals surface area (Å²) in [5.41, 5.74) is 1.20. The van der Waals surface area contributed by atoms with Crippen molar-refractivity contribution in [1.82, 2.24) is 10.2 Å². The second-order valence-electron chi connectivity index (χ2n) is 7.89. The molecule has 1 spiro atoms. The van der Waals surface area contributed by atoms with E-state index in [-0.39, 0.29) is 30.3 Å². The van der Waals surface area contributed by atoms with Crippen molar-refractivity contribution in [3.63, 3.8) is 0 Å². The molecule has 2 fully saturated rings. The van der Waals surface area contributed by atoms with Crippen molar-refractivity contribution in [3.05, 3.63) is 29.8 Å². The monoisotopic (exact) mass is 355 g/mol. The summed E-state index contributed by atoms with van der Waals surface area (Å²) in [5.74, 6) is -0.339.